The van der Waals surface area contributed by atoms with Crippen molar-refractivity contribution in [3.63, 3.8) is 0 Å². The minimum absolute atomic E-state index is 0.0913. The Morgan fingerprint density at radius 3 is 0.792 bits per heavy atom. The second-order valence-electron chi connectivity index (χ2n) is 31.5. The van der Waals surface area contributed by atoms with Gasteiger partial charge >= 0.3 is 0 Å². The standard InChI is InChI=1S/2C52H41N/c1-51(2)46-22-12-10-19-42(46)44-30-29-37(33-48(44)51)53(49-24-14-21-45-43-20-11-13-23-47(43)52(3,4)50(45)49)36-27-25-35(26-28-36)39-32-31-38(34-15-6-5-7-16-34)40-17-8-9-18-41(39)40;1-51(2)47-20-12-10-18-43(47)45-28-26-37(32-49(45)51)53(38-27-29-46-44-19-11-13-21-48(44)52(3,4)50(46)33-38)36-24-22-35(23-25-36)40-31-30-39(34-14-6-5-7-15-34)41-16-8-9-17-42(40)41/h2*5-33H,1-4H3. The molecule has 106 heavy (non-hydrogen) atoms. The van der Waals surface area contributed by atoms with Crippen LogP contribution in [0, 0.1) is 0 Å². The smallest absolute Gasteiger partial charge is 0.0508 e. The average molecular weight is 1360 g/mol. The molecule has 0 atom stereocenters. The van der Waals surface area contributed by atoms with Gasteiger partial charge in [-0.15, -0.1) is 0 Å². The fourth-order valence-electron chi connectivity index (χ4n) is 18.8. The molecule has 0 bridgehead atoms. The summed E-state index contributed by atoms with van der Waals surface area (Å²) in [5.41, 5.74) is 38.2. The fraction of sp³-hybridized carbons (Fsp3) is 0.115. The predicted octanol–water partition coefficient (Wildman–Crippen LogP) is 28.5. The van der Waals surface area contributed by atoms with E-state index in [-0.39, 0.29) is 21.7 Å². The summed E-state index contributed by atoms with van der Waals surface area (Å²) in [6.45, 7) is 19.0. The average Bonchev–Trinajstić information content (AvgIpc) is 1.55. The van der Waals surface area contributed by atoms with Crippen molar-refractivity contribution in [2.45, 2.75) is 77.0 Å². The number of rotatable bonds is 10. The van der Waals surface area contributed by atoms with Crippen molar-refractivity contribution >= 4 is 55.7 Å². The Hall–Kier alpha value is -12.4. The van der Waals surface area contributed by atoms with E-state index in [1.165, 1.54) is 178 Å². The maximum absolute atomic E-state index is 2.51. The van der Waals surface area contributed by atoms with Gasteiger partial charge in [0.25, 0.3) is 0 Å². The molecule has 16 aromatic rings. The van der Waals surface area contributed by atoms with Crippen LogP contribution in [-0.2, 0) is 21.7 Å². The van der Waals surface area contributed by atoms with Gasteiger partial charge in [-0.1, -0.05) is 341 Å². The van der Waals surface area contributed by atoms with Gasteiger partial charge in [0.15, 0.2) is 0 Å². The molecule has 2 nitrogen and oxygen atoms in total. The summed E-state index contributed by atoms with van der Waals surface area (Å²) in [5, 5.41) is 5.06. The first-order valence-electron chi connectivity index (χ1n) is 37.5. The first-order chi connectivity index (χ1) is 51.6. The van der Waals surface area contributed by atoms with Crippen LogP contribution >= 0.6 is 0 Å². The van der Waals surface area contributed by atoms with Crippen molar-refractivity contribution < 1.29 is 0 Å². The molecule has 0 saturated heterocycles. The number of hydrogen-bond acceptors (Lipinski definition) is 2. The molecule has 16 aromatic carbocycles. The topological polar surface area (TPSA) is 6.48 Å². The fourth-order valence-corrected chi connectivity index (χ4v) is 18.8. The van der Waals surface area contributed by atoms with Crippen molar-refractivity contribution in [1.82, 2.24) is 0 Å². The molecule has 0 N–H and O–H groups in total. The minimum atomic E-state index is -0.160. The van der Waals surface area contributed by atoms with Gasteiger partial charge in [-0.05, 0) is 222 Å². The summed E-state index contributed by atoms with van der Waals surface area (Å²) in [6.07, 6.45) is 0. The van der Waals surface area contributed by atoms with E-state index < -0.39 is 0 Å². The monoisotopic (exact) mass is 1360 g/mol. The van der Waals surface area contributed by atoms with Crippen LogP contribution in [0.1, 0.15) is 99.9 Å². The molecule has 20 rings (SSSR count). The summed E-state index contributed by atoms with van der Waals surface area (Å²) in [6, 6.07) is 130. The maximum atomic E-state index is 2.51. The van der Waals surface area contributed by atoms with Crippen molar-refractivity contribution in [2.75, 3.05) is 9.80 Å². The van der Waals surface area contributed by atoms with Crippen LogP contribution in [0.25, 0.3) is 111 Å². The van der Waals surface area contributed by atoms with Crippen molar-refractivity contribution in [3.8, 4) is 89.0 Å². The Balaban J connectivity index is 0.000000145. The highest BCUT2D eigenvalue weighted by Crippen LogP contribution is 2.58. The molecule has 0 heterocycles. The third-order valence-electron chi connectivity index (χ3n) is 24.2. The molecule has 2 heteroatoms. The molecular formula is C104H82N2. The molecule has 0 spiro atoms. The lowest BCUT2D eigenvalue weighted by atomic mass is 9.81. The lowest BCUT2D eigenvalue weighted by molar-refractivity contribution is 0.658. The molecule has 4 aliphatic carbocycles. The van der Waals surface area contributed by atoms with E-state index in [0.29, 0.717) is 0 Å². The second kappa shape index (κ2) is 24.7. The quantitative estimate of drug-likeness (QED) is 0.135. The van der Waals surface area contributed by atoms with Gasteiger partial charge in [-0.2, -0.15) is 0 Å². The van der Waals surface area contributed by atoms with Gasteiger partial charge in [-0.3, -0.25) is 0 Å². The Morgan fingerprint density at radius 1 is 0.170 bits per heavy atom. The third-order valence-corrected chi connectivity index (χ3v) is 24.2. The van der Waals surface area contributed by atoms with Gasteiger partial charge in [0.05, 0.1) is 5.69 Å². The first kappa shape index (κ1) is 64.5. The highest BCUT2D eigenvalue weighted by Gasteiger charge is 2.42. The van der Waals surface area contributed by atoms with Crippen LogP contribution in [-0.4, -0.2) is 0 Å². The van der Waals surface area contributed by atoms with Gasteiger partial charge < -0.3 is 9.80 Å². The van der Waals surface area contributed by atoms with Crippen molar-refractivity contribution in [1.29, 1.82) is 0 Å². The van der Waals surface area contributed by atoms with E-state index in [1.807, 2.05) is 0 Å². The first-order valence-corrected chi connectivity index (χ1v) is 37.5. The summed E-state index contributed by atoms with van der Waals surface area (Å²) in [5.74, 6) is 0. The summed E-state index contributed by atoms with van der Waals surface area (Å²) < 4.78 is 0. The summed E-state index contributed by atoms with van der Waals surface area (Å²) in [4.78, 5) is 4.96. The van der Waals surface area contributed by atoms with Crippen LogP contribution in [0.3, 0.4) is 0 Å². The Kier molecular flexibility index (Phi) is 15.0. The third kappa shape index (κ3) is 10.1. The zero-order valence-corrected chi connectivity index (χ0v) is 61.4. The zero-order valence-electron chi connectivity index (χ0n) is 61.4. The summed E-state index contributed by atoms with van der Waals surface area (Å²) in [7, 11) is 0. The Morgan fingerprint density at radius 2 is 0.425 bits per heavy atom. The van der Waals surface area contributed by atoms with E-state index >= 15 is 0 Å². The number of anilines is 6. The molecule has 0 unspecified atom stereocenters. The van der Waals surface area contributed by atoms with Gasteiger partial charge in [-0.25, -0.2) is 0 Å². The van der Waals surface area contributed by atoms with Crippen molar-refractivity contribution in [3.05, 3.63) is 396 Å². The molecule has 0 aromatic heterocycles. The van der Waals surface area contributed by atoms with Crippen LogP contribution in [0.2, 0.25) is 0 Å². The second-order valence-corrected chi connectivity index (χ2v) is 31.5. The minimum Gasteiger partial charge on any atom is -0.310 e. The maximum Gasteiger partial charge on any atom is 0.0508 e. The Bertz CT molecular complexity index is 6080. The van der Waals surface area contributed by atoms with Crippen LogP contribution < -0.4 is 9.80 Å². The van der Waals surface area contributed by atoms with Crippen LogP contribution in [0.4, 0.5) is 34.1 Å². The van der Waals surface area contributed by atoms with Crippen LogP contribution in [0.5, 0.6) is 0 Å². The number of benzene rings is 16. The van der Waals surface area contributed by atoms with Gasteiger partial charge in [0, 0.05) is 50.1 Å². The molecule has 0 aliphatic heterocycles. The molecule has 0 saturated carbocycles. The molecule has 0 amide bonds. The number of hydrogen-bond donors (Lipinski definition) is 0. The normalized spacial score (nSPS) is 14.3. The highest BCUT2D eigenvalue weighted by molar-refractivity contribution is 6.07. The van der Waals surface area contributed by atoms with E-state index in [1.54, 1.807) is 0 Å². The van der Waals surface area contributed by atoms with Gasteiger partial charge in [0.1, 0.15) is 0 Å². The molecular weight excluding hydrogens is 1280 g/mol. The molecule has 0 radical (unpaired) electrons. The summed E-state index contributed by atoms with van der Waals surface area (Å²) >= 11 is 0. The largest absolute Gasteiger partial charge is 0.310 e. The number of nitrogens with zero attached hydrogens (tertiary/aromatic N) is 2. The van der Waals surface area contributed by atoms with E-state index in [4.69, 9.17) is 0 Å². The van der Waals surface area contributed by atoms with E-state index in [9.17, 15) is 0 Å². The Labute approximate surface area is 623 Å². The number of fused-ring (bicyclic) bond motifs is 14. The lowest BCUT2D eigenvalue weighted by Gasteiger charge is -2.33. The molecule has 508 valence electrons. The highest BCUT2D eigenvalue weighted by atomic mass is 15.2. The van der Waals surface area contributed by atoms with Crippen LogP contribution in [0.15, 0.2) is 352 Å². The molecule has 4 aliphatic rings. The van der Waals surface area contributed by atoms with Gasteiger partial charge in [0.2, 0.25) is 0 Å². The van der Waals surface area contributed by atoms with E-state index in [2.05, 4.69) is 417 Å². The lowest BCUT2D eigenvalue weighted by Crippen LogP contribution is -2.21. The zero-order chi connectivity index (χ0) is 71.8. The van der Waals surface area contributed by atoms with Crippen molar-refractivity contribution in [2.24, 2.45) is 0 Å². The molecule has 0 fully saturated rings. The van der Waals surface area contributed by atoms with E-state index in [0.717, 1.165) is 11.4 Å². The SMILES string of the molecule is CC1(C)c2ccccc2-c2ccc(N(c3ccc(-c4ccc(-c5ccccc5)c5ccccc45)cc3)c3ccc4c(c3)C(C)(C)c3ccccc3-4)cc21.CC1(C)c2ccccc2-c2ccc(N(c3ccc(-c4ccc(-c5ccccc5)c5ccccc45)cc3)c3cccc4c3C(C)(C)c3ccccc3-4)cc21. The predicted molar refractivity (Wildman–Crippen MR) is 449 cm³/mol.